The normalized spacial score (nSPS) is 23.9. The molecule has 6 rings (SSSR count). The number of carbonyl (C=O) groups excluding carboxylic acids is 1. The first-order valence-corrected chi connectivity index (χ1v) is 13.0. The van der Waals surface area contributed by atoms with E-state index in [0.29, 0.717) is 12.5 Å². The van der Waals surface area contributed by atoms with Gasteiger partial charge in [-0.1, -0.05) is 54.6 Å². The van der Waals surface area contributed by atoms with Gasteiger partial charge in [-0.25, -0.2) is 4.79 Å². The summed E-state index contributed by atoms with van der Waals surface area (Å²) in [4.78, 5) is 16.4. The van der Waals surface area contributed by atoms with Gasteiger partial charge < -0.3 is 9.22 Å². The van der Waals surface area contributed by atoms with Crippen LogP contribution in [0.2, 0.25) is 0 Å². The second kappa shape index (κ2) is 10.1. The van der Waals surface area contributed by atoms with E-state index in [1.54, 1.807) is 16.2 Å². The van der Waals surface area contributed by atoms with Gasteiger partial charge >= 0.3 is 6.09 Å². The van der Waals surface area contributed by atoms with Crippen molar-refractivity contribution in [2.75, 3.05) is 31.1 Å². The van der Waals surface area contributed by atoms with Crippen LogP contribution in [0.1, 0.15) is 29.7 Å². The molecule has 4 heterocycles. The number of benzene rings is 2. The lowest BCUT2D eigenvalue weighted by atomic mass is 9.83. The van der Waals surface area contributed by atoms with Crippen LogP contribution in [0, 0.1) is 5.92 Å². The van der Waals surface area contributed by atoms with Crippen molar-refractivity contribution in [1.82, 2.24) is 0 Å². The molecular weight excluding hydrogens is 428 g/mol. The summed E-state index contributed by atoms with van der Waals surface area (Å²) in [7, 11) is 0. The summed E-state index contributed by atoms with van der Waals surface area (Å²) >= 11 is 1.68. The molecule has 0 unspecified atom stereocenters. The van der Waals surface area contributed by atoms with Crippen molar-refractivity contribution in [1.29, 1.82) is 0 Å². The van der Waals surface area contributed by atoms with Crippen LogP contribution in [-0.2, 0) is 17.7 Å². The second-order valence-corrected chi connectivity index (χ2v) is 10.6. The van der Waals surface area contributed by atoms with Crippen molar-refractivity contribution in [3.05, 3.63) is 88.6 Å². The van der Waals surface area contributed by atoms with Crippen LogP contribution >= 0.6 is 11.3 Å². The Bertz CT molecular complexity index is 1010. The first-order chi connectivity index (χ1) is 16.2. The summed E-state index contributed by atoms with van der Waals surface area (Å²) in [5.74, 6) is 0.502. The molecule has 0 aliphatic carbocycles. The number of thiophene rings is 1. The third-order valence-corrected chi connectivity index (χ3v) is 8.28. The van der Waals surface area contributed by atoms with Crippen LogP contribution in [0.4, 0.5) is 10.5 Å². The fourth-order valence-electron chi connectivity index (χ4n) is 5.55. The SMILES string of the molecule is O=C(O[C@H]1C[N+]2(CCCc3ccccc3)CCC1CC2)N(Cc1cccs1)c1ccccc1. The minimum absolute atomic E-state index is 0.0197. The van der Waals surface area contributed by atoms with E-state index >= 15 is 0 Å². The molecule has 3 fully saturated rings. The Balaban J connectivity index is 1.24. The molecule has 4 nitrogen and oxygen atoms in total. The van der Waals surface area contributed by atoms with Gasteiger partial charge in [0.1, 0.15) is 6.54 Å². The Kier molecular flexibility index (Phi) is 6.79. The first-order valence-electron chi connectivity index (χ1n) is 12.2. The zero-order chi connectivity index (χ0) is 22.5. The van der Waals surface area contributed by atoms with Crippen molar-refractivity contribution < 1.29 is 14.0 Å². The van der Waals surface area contributed by atoms with E-state index in [-0.39, 0.29) is 12.2 Å². The summed E-state index contributed by atoms with van der Waals surface area (Å²) in [6.07, 6.45) is 4.45. The minimum atomic E-state index is -0.212. The molecule has 172 valence electrons. The second-order valence-electron chi connectivity index (χ2n) is 9.54. The maximum absolute atomic E-state index is 13.4. The number of quaternary nitrogens is 1. The number of para-hydroxylation sites is 1. The van der Waals surface area contributed by atoms with Crippen LogP contribution < -0.4 is 4.90 Å². The lowest BCUT2D eigenvalue weighted by Crippen LogP contribution is -2.65. The highest BCUT2D eigenvalue weighted by Gasteiger charge is 2.47. The Hall–Kier alpha value is -2.63. The number of anilines is 1. The fraction of sp³-hybridized carbons (Fsp3) is 0.393. The zero-order valence-electron chi connectivity index (χ0n) is 19.1. The summed E-state index contributed by atoms with van der Waals surface area (Å²) in [5.41, 5.74) is 2.31. The molecule has 1 aromatic heterocycles. The van der Waals surface area contributed by atoms with Gasteiger partial charge in [-0.3, -0.25) is 4.90 Å². The predicted octanol–water partition coefficient (Wildman–Crippen LogP) is 6.13. The Labute approximate surface area is 201 Å². The van der Waals surface area contributed by atoms with Crippen molar-refractivity contribution >= 4 is 23.1 Å². The highest BCUT2D eigenvalue weighted by molar-refractivity contribution is 7.09. The number of hydrogen-bond donors (Lipinski definition) is 0. The van der Waals surface area contributed by atoms with Gasteiger partial charge in [-0.05, 0) is 35.6 Å². The van der Waals surface area contributed by atoms with Crippen molar-refractivity contribution in [2.45, 2.75) is 38.3 Å². The van der Waals surface area contributed by atoms with Gasteiger partial charge in [-0.15, -0.1) is 11.3 Å². The van der Waals surface area contributed by atoms with E-state index in [4.69, 9.17) is 4.74 Å². The van der Waals surface area contributed by atoms with E-state index in [1.807, 2.05) is 36.4 Å². The van der Waals surface area contributed by atoms with Crippen molar-refractivity contribution in [2.24, 2.45) is 5.92 Å². The molecule has 3 saturated heterocycles. The fourth-order valence-corrected chi connectivity index (χ4v) is 6.25. The van der Waals surface area contributed by atoms with Crippen molar-refractivity contribution in [3.8, 4) is 0 Å². The number of fused-ring (bicyclic) bond motifs is 3. The number of carbonyl (C=O) groups is 1. The standard InChI is InChI=1S/C28H33N2O2S/c31-28(29(21-26-14-8-20-33-26)25-12-5-2-6-13-25)32-27-22-30(18-15-24(27)16-19-30)17-7-11-23-9-3-1-4-10-23/h1-6,8-10,12-14,20,24,27H,7,11,15-19,21-22H2/q+1/t24?,27-,30?/m0/s1. The molecule has 0 radical (unpaired) electrons. The monoisotopic (exact) mass is 461 g/mol. The van der Waals surface area contributed by atoms with Crippen LogP contribution in [0.3, 0.4) is 0 Å². The Morgan fingerprint density at radius 2 is 1.70 bits per heavy atom. The average Bonchev–Trinajstić information content (AvgIpc) is 3.38. The number of ether oxygens (including phenoxy) is 1. The molecule has 1 atom stereocenters. The molecular formula is C28H33N2O2S+. The maximum atomic E-state index is 13.4. The van der Waals surface area contributed by atoms with Crippen LogP contribution in [0.15, 0.2) is 78.2 Å². The topological polar surface area (TPSA) is 29.5 Å². The highest BCUT2D eigenvalue weighted by Crippen LogP contribution is 2.36. The lowest BCUT2D eigenvalue weighted by Gasteiger charge is -2.52. The molecule has 3 aliphatic heterocycles. The third-order valence-electron chi connectivity index (χ3n) is 7.42. The van der Waals surface area contributed by atoms with E-state index < -0.39 is 0 Å². The van der Waals surface area contributed by atoms with E-state index in [2.05, 4.69) is 41.8 Å². The molecule has 0 spiro atoms. The number of hydrogen-bond acceptors (Lipinski definition) is 3. The molecule has 3 aromatic rings. The minimum Gasteiger partial charge on any atom is -0.440 e. The molecule has 0 saturated carbocycles. The van der Waals surface area contributed by atoms with Gasteiger partial charge in [0.2, 0.25) is 0 Å². The number of rotatable bonds is 8. The summed E-state index contributed by atoms with van der Waals surface area (Å²) < 4.78 is 7.36. The molecule has 3 aliphatic rings. The Morgan fingerprint density at radius 3 is 2.39 bits per heavy atom. The van der Waals surface area contributed by atoms with Crippen LogP contribution in [0.25, 0.3) is 0 Å². The molecule has 5 heteroatoms. The number of nitrogens with zero attached hydrogens (tertiary/aromatic N) is 2. The molecule has 1 amide bonds. The van der Waals surface area contributed by atoms with Gasteiger partial charge in [-0.2, -0.15) is 0 Å². The van der Waals surface area contributed by atoms with E-state index in [1.165, 1.54) is 44.5 Å². The summed E-state index contributed by atoms with van der Waals surface area (Å²) in [6, 6.07) is 24.8. The number of piperidine rings is 3. The zero-order valence-corrected chi connectivity index (χ0v) is 20.0. The molecule has 2 aromatic carbocycles. The Morgan fingerprint density at radius 1 is 0.970 bits per heavy atom. The van der Waals surface area contributed by atoms with Gasteiger partial charge in [0.15, 0.2) is 6.10 Å². The van der Waals surface area contributed by atoms with Crippen LogP contribution in [0.5, 0.6) is 0 Å². The molecule has 33 heavy (non-hydrogen) atoms. The van der Waals surface area contributed by atoms with Gasteiger partial charge in [0, 0.05) is 35.7 Å². The lowest BCUT2D eigenvalue weighted by molar-refractivity contribution is -0.946. The maximum Gasteiger partial charge on any atom is 0.415 e. The highest BCUT2D eigenvalue weighted by atomic mass is 32.1. The number of aryl methyl sites for hydroxylation is 1. The molecule has 0 N–H and O–H groups in total. The molecule has 2 bridgehead atoms. The van der Waals surface area contributed by atoms with Gasteiger partial charge in [0.25, 0.3) is 0 Å². The smallest absolute Gasteiger partial charge is 0.415 e. The number of amides is 1. The van der Waals surface area contributed by atoms with Gasteiger partial charge in [0.05, 0.1) is 26.2 Å². The average molecular weight is 462 g/mol. The predicted molar refractivity (Wildman–Crippen MR) is 134 cm³/mol. The van der Waals surface area contributed by atoms with Crippen molar-refractivity contribution in [3.63, 3.8) is 0 Å². The van der Waals surface area contributed by atoms with E-state index in [9.17, 15) is 4.79 Å². The summed E-state index contributed by atoms with van der Waals surface area (Å²) in [6.45, 7) is 5.14. The first kappa shape index (κ1) is 22.2. The third kappa shape index (κ3) is 5.31. The summed E-state index contributed by atoms with van der Waals surface area (Å²) in [5, 5.41) is 2.06. The van der Waals surface area contributed by atoms with Crippen LogP contribution in [-0.4, -0.2) is 42.9 Å². The van der Waals surface area contributed by atoms with E-state index in [0.717, 1.165) is 28.0 Å². The largest absolute Gasteiger partial charge is 0.440 e. The quantitative estimate of drug-likeness (QED) is 0.378.